The lowest BCUT2D eigenvalue weighted by Gasteiger charge is -2.19. The summed E-state index contributed by atoms with van der Waals surface area (Å²) in [4.78, 5) is 30.5. The van der Waals surface area contributed by atoms with Crippen molar-refractivity contribution in [1.29, 1.82) is 5.26 Å². The molecule has 1 fully saturated rings. The van der Waals surface area contributed by atoms with Gasteiger partial charge in [-0.25, -0.2) is 0 Å². The molecule has 3 rings (SSSR count). The Hall–Kier alpha value is -2.94. The maximum Gasteiger partial charge on any atom is 0.251 e. The first-order chi connectivity index (χ1) is 12.0. The number of carbonyl (C=O) groups is 2. The molecule has 128 valence electrons. The molecule has 1 aromatic carbocycles. The average Bonchev–Trinajstić information content (AvgIpc) is 2.99. The Bertz CT molecular complexity index is 871. The fourth-order valence-corrected chi connectivity index (χ4v) is 3.19. The summed E-state index contributed by atoms with van der Waals surface area (Å²) in [5.74, 6) is -0.222. The lowest BCUT2D eigenvalue weighted by Crippen LogP contribution is -2.42. The first kappa shape index (κ1) is 16.9. The Morgan fingerprint density at radius 3 is 2.96 bits per heavy atom. The van der Waals surface area contributed by atoms with Crippen LogP contribution in [0.3, 0.4) is 0 Å². The van der Waals surface area contributed by atoms with Gasteiger partial charge in [0.1, 0.15) is 6.04 Å². The Kier molecular flexibility index (Phi) is 4.66. The first-order valence-electron chi connectivity index (χ1n) is 8.31. The maximum absolute atomic E-state index is 12.3. The van der Waals surface area contributed by atoms with Gasteiger partial charge in [-0.05, 0) is 49.1 Å². The van der Waals surface area contributed by atoms with Crippen molar-refractivity contribution in [1.82, 2.24) is 15.2 Å². The maximum atomic E-state index is 12.3. The Labute approximate surface area is 146 Å². The number of hydrogen-bond donors (Lipinski definition) is 1. The number of likely N-dealkylation sites (tertiary alicyclic amines) is 1. The number of pyridine rings is 1. The standard InChI is InChI=1S/C19H20N4O2/c1-12-5-15-7-14(3-4-17(15)21-9-12)19(25)22-10-18(24)23-11-13(2)6-16(23)8-20/h3-5,7,9,13,16H,6,10-11H2,1-2H3,(H,22,25). The zero-order valence-electron chi connectivity index (χ0n) is 14.3. The van der Waals surface area contributed by atoms with Gasteiger partial charge >= 0.3 is 0 Å². The van der Waals surface area contributed by atoms with Crippen LogP contribution in [0.4, 0.5) is 0 Å². The molecule has 0 bridgehead atoms. The van der Waals surface area contributed by atoms with Crippen LogP contribution in [0.15, 0.2) is 30.5 Å². The fraction of sp³-hybridized carbons (Fsp3) is 0.368. The number of aryl methyl sites for hydroxylation is 1. The number of rotatable bonds is 3. The van der Waals surface area contributed by atoms with Gasteiger partial charge in [0.25, 0.3) is 5.91 Å². The number of nitrogens with one attached hydrogen (secondary N) is 1. The summed E-state index contributed by atoms with van der Waals surface area (Å²) in [6, 6.07) is 8.98. The molecule has 1 N–H and O–H groups in total. The molecule has 0 aliphatic carbocycles. The van der Waals surface area contributed by atoms with E-state index in [2.05, 4.69) is 16.4 Å². The van der Waals surface area contributed by atoms with Gasteiger partial charge in [0.2, 0.25) is 5.91 Å². The zero-order chi connectivity index (χ0) is 18.0. The quantitative estimate of drug-likeness (QED) is 0.929. The minimum Gasteiger partial charge on any atom is -0.343 e. The monoisotopic (exact) mass is 336 g/mol. The molecule has 0 radical (unpaired) electrons. The van der Waals surface area contributed by atoms with Crippen LogP contribution in [0.5, 0.6) is 0 Å². The summed E-state index contributed by atoms with van der Waals surface area (Å²) in [6.07, 6.45) is 2.47. The van der Waals surface area contributed by atoms with Crippen LogP contribution in [0.1, 0.15) is 29.3 Å². The molecule has 1 aliphatic heterocycles. The van der Waals surface area contributed by atoms with Gasteiger partial charge in [-0.2, -0.15) is 5.26 Å². The molecular formula is C19H20N4O2. The fourth-order valence-electron chi connectivity index (χ4n) is 3.19. The summed E-state index contributed by atoms with van der Waals surface area (Å²) in [5.41, 5.74) is 2.33. The van der Waals surface area contributed by atoms with Crippen LogP contribution in [0.2, 0.25) is 0 Å². The summed E-state index contributed by atoms with van der Waals surface area (Å²) in [7, 11) is 0. The topological polar surface area (TPSA) is 86.1 Å². The summed E-state index contributed by atoms with van der Waals surface area (Å²) < 4.78 is 0. The number of nitrogens with zero attached hydrogens (tertiary/aromatic N) is 3. The van der Waals surface area contributed by atoms with E-state index in [0.29, 0.717) is 24.4 Å². The van der Waals surface area contributed by atoms with Crippen LogP contribution in [0.25, 0.3) is 10.9 Å². The van der Waals surface area contributed by atoms with Gasteiger partial charge in [0, 0.05) is 23.7 Å². The molecule has 2 aromatic rings. The van der Waals surface area contributed by atoms with Crippen molar-refractivity contribution in [2.24, 2.45) is 5.92 Å². The van der Waals surface area contributed by atoms with E-state index in [1.54, 1.807) is 29.3 Å². The number of fused-ring (bicyclic) bond motifs is 1. The Morgan fingerprint density at radius 2 is 2.20 bits per heavy atom. The van der Waals surface area contributed by atoms with Crippen LogP contribution in [-0.2, 0) is 4.79 Å². The van der Waals surface area contributed by atoms with E-state index in [1.165, 1.54) is 0 Å². The van der Waals surface area contributed by atoms with E-state index in [9.17, 15) is 9.59 Å². The second-order valence-corrected chi connectivity index (χ2v) is 6.63. The number of carbonyl (C=O) groups excluding carboxylic acids is 2. The SMILES string of the molecule is Cc1cnc2ccc(C(=O)NCC(=O)N3CC(C)CC3C#N)cc2c1. The van der Waals surface area contributed by atoms with Gasteiger partial charge in [0.05, 0.1) is 18.1 Å². The van der Waals surface area contributed by atoms with Crippen LogP contribution >= 0.6 is 0 Å². The summed E-state index contributed by atoms with van der Waals surface area (Å²) in [6.45, 7) is 4.42. The number of benzene rings is 1. The molecular weight excluding hydrogens is 316 g/mol. The van der Waals surface area contributed by atoms with E-state index in [1.807, 2.05) is 19.9 Å². The zero-order valence-corrected chi connectivity index (χ0v) is 14.3. The van der Waals surface area contributed by atoms with Crippen molar-refractivity contribution in [2.75, 3.05) is 13.1 Å². The van der Waals surface area contributed by atoms with Gasteiger partial charge < -0.3 is 10.2 Å². The first-order valence-corrected chi connectivity index (χ1v) is 8.31. The lowest BCUT2D eigenvalue weighted by molar-refractivity contribution is -0.130. The molecule has 6 heteroatoms. The number of aromatic nitrogens is 1. The van der Waals surface area contributed by atoms with Crippen molar-refractivity contribution in [2.45, 2.75) is 26.3 Å². The Balaban J connectivity index is 1.66. The average molecular weight is 336 g/mol. The van der Waals surface area contributed by atoms with Gasteiger partial charge in [-0.1, -0.05) is 6.92 Å². The largest absolute Gasteiger partial charge is 0.343 e. The smallest absolute Gasteiger partial charge is 0.251 e. The highest BCUT2D eigenvalue weighted by Gasteiger charge is 2.32. The highest BCUT2D eigenvalue weighted by atomic mass is 16.2. The normalized spacial score (nSPS) is 19.6. The van der Waals surface area contributed by atoms with Crippen LogP contribution in [-0.4, -0.2) is 40.8 Å². The lowest BCUT2D eigenvalue weighted by atomic mass is 10.1. The second-order valence-electron chi connectivity index (χ2n) is 6.63. The number of nitriles is 1. The van der Waals surface area contributed by atoms with Crippen molar-refractivity contribution < 1.29 is 9.59 Å². The van der Waals surface area contributed by atoms with Crippen molar-refractivity contribution in [3.63, 3.8) is 0 Å². The molecule has 0 saturated carbocycles. The third kappa shape index (κ3) is 3.61. The predicted molar refractivity (Wildman–Crippen MR) is 93.7 cm³/mol. The molecule has 1 aliphatic rings. The van der Waals surface area contributed by atoms with Crippen molar-refractivity contribution >= 4 is 22.7 Å². The van der Waals surface area contributed by atoms with E-state index in [-0.39, 0.29) is 18.4 Å². The molecule has 2 heterocycles. The van der Waals surface area contributed by atoms with E-state index >= 15 is 0 Å². The highest BCUT2D eigenvalue weighted by Crippen LogP contribution is 2.22. The second kappa shape index (κ2) is 6.89. The minimum absolute atomic E-state index is 0.103. The van der Waals surface area contributed by atoms with E-state index < -0.39 is 6.04 Å². The molecule has 1 aromatic heterocycles. The number of hydrogen-bond acceptors (Lipinski definition) is 4. The third-order valence-electron chi connectivity index (χ3n) is 4.46. The third-order valence-corrected chi connectivity index (χ3v) is 4.46. The molecule has 6 nitrogen and oxygen atoms in total. The molecule has 2 unspecified atom stereocenters. The number of amides is 2. The molecule has 25 heavy (non-hydrogen) atoms. The van der Waals surface area contributed by atoms with E-state index in [4.69, 9.17) is 5.26 Å². The minimum atomic E-state index is -0.394. The molecule has 2 atom stereocenters. The summed E-state index contributed by atoms with van der Waals surface area (Å²) >= 11 is 0. The predicted octanol–water partition coefficient (Wildman–Crippen LogP) is 2.03. The van der Waals surface area contributed by atoms with Crippen molar-refractivity contribution in [3.05, 3.63) is 41.6 Å². The van der Waals surface area contributed by atoms with Gasteiger partial charge in [-0.3, -0.25) is 14.6 Å². The van der Waals surface area contributed by atoms with Crippen molar-refractivity contribution in [3.8, 4) is 6.07 Å². The summed E-state index contributed by atoms with van der Waals surface area (Å²) in [5, 5.41) is 12.7. The van der Waals surface area contributed by atoms with Gasteiger partial charge in [0.15, 0.2) is 0 Å². The highest BCUT2D eigenvalue weighted by molar-refractivity contribution is 5.99. The molecule has 0 spiro atoms. The molecule has 2 amide bonds. The Morgan fingerprint density at radius 1 is 1.40 bits per heavy atom. The van der Waals surface area contributed by atoms with E-state index in [0.717, 1.165) is 16.5 Å². The van der Waals surface area contributed by atoms with Gasteiger partial charge in [-0.15, -0.1) is 0 Å². The molecule has 1 saturated heterocycles. The van der Waals surface area contributed by atoms with Crippen LogP contribution < -0.4 is 5.32 Å². The van der Waals surface area contributed by atoms with Crippen LogP contribution in [0, 0.1) is 24.2 Å².